The van der Waals surface area contributed by atoms with Crippen LogP contribution < -0.4 is 0 Å². The zero-order chi connectivity index (χ0) is 26.0. The number of nitro groups is 3. The quantitative estimate of drug-likeness (QED) is 0.251. The molecule has 180 valence electrons. The van der Waals surface area contributed by atoms with Gasteiger partial charge in [0.15, 0.2) is 5.65 Å². The predicted molar refractivity (Wildman–Crippen MR) is 128 cm³/mol. The van der Waals surface area contributed by atoms with Crippen LogP contribution in [0.1, 0.15) is 11.1 Å². The molecule has 0 saturated heterocycles. The number of pyridine rings is 1. The fourth-order valence-electron chi connectivity index (χ4n) is 3.23. The first-order chi connectivity index (χ1) is 16.4. The number of aryl methyl sites for hydroxylation is 2. The van der Waals surface area contributed by atoms with Crippen molar-refractivity contribution in [1.82, 2.24) is 9.38 Å². The Morgan fingerprint density at radius 2 is 1.49 bits per heavy atom. The third kappa shape index (κ3) is 5.45. The van der Waals surface area contributed by atoms with Crippen LogP contribution in [-0.4, -0.2) is 29.3 Å². The van der Waals surface area contributed by atoms with Gasteiger partial charge in [-0.05, 0) is 25.5 Å². The number of aromatic hydroxyl groups is 1. The average Bonchev–Trinajstić information content (AvgIpc) is 3.17. The summed E-state index contributed by atoms with van der Waals surface area (Å²) >= 11 is 12.2. The van der Waals surface area contributed by atoms with E-state index in [4.69, 9.17) is 28.3 Å². The number of hydrogen-bond donors (Lipinski definition) is 1. The number of imidazole rings is 1. The van der Waals surface area contributed by atoms with Crippen molar-refractivity contribution in [2.75, 3.05) is 0 Å². The summed E-state index contributed by atoms with van der Waals surface area (Å²) in [6, 6.07) is 8.92. The number of non-ortho nitro benzene ring substituents is 1. The Hall–Kier alpha value is -4.29. The highest BCUT2D eigenvalue weighted by Gasteiger charge is 2.30. The van der Waals surface area contributed by atoms with E-state index in [1.807, 2.05) is 16.8 Å². The zero-order valence-electron chi connectivity index (χ0n) is 18.0. The van der Waals surface area contributed by atoms with Crippen LogP contribution in [0.15, 0.2) is 48.8 Å². The maximum atomic E-state index is 10.4. The van der Waals surface area contributed by atoms with Gasteiger partial charge in [-0.25, -0.2) is 4.98 Å². The predicted octanol–water partition coefficient (Wildman–Crippen LogP) is 6.04. The van der Waals surface area contributed by atoms with Gasteiger partial charge in [-0.2, -0.15) is 0 Å². The summed E-state index contributed by atoms with van der Waals surface area (Å²) in [4.78, 5) is 32.4. The van der Waals surface area contributed by atoms with E-state index in [0.717, 1.165) is 16.9 Å². The molecule has 0 aliphatic rings. The van der Waals surface area contributed by atoms with Gasteiger partial charge >= 0.3 is 11.4 Å². The number of aromatic nitrogens is 2. The minimum atomic E-state index is -1.21. The molecule has 0 radical (unpaired) electrons. The van der Waals surface area contributed by atoms with E-state index in [2.05, 4.69) is 37.0 Å². The molecule has 4 rings (SSSR count). The number of rotatable bonds is 4. The number of nitro benzene ring substituents is 3. The Morgan fingerprint density at radius 3 is 2.00 bits per heavy atom. The van der Waals surface area contributed by atoms with Crippen molar-refractivity contribution < 1.29 is 19.9 Å². The largest absolute Gasteiger partial charge is 0.497 e. The molecule has 14 heteroatoms. The van der Waals surface area contributed by atoms with Gasteiger partial charge in [-0.1, -0.05) is 47.0 Å². The summed E-state index contributed by atoms with van der Waals surface area (Å²) in [7, 11) is 0. The third-order valence-electron chi connectivity index (χ3n) is 4.79. The monoisotopic (exact) mass is 519 g/mol. The molecule has 0 bridgehead atoms. The van der Waals surface area contributed by atoms with Crippen LogP contribution >= 0.6 is 23.2 Å². The zero-order valence-corrected chi connectivity index (χ0v) is 19.5. The summed E-state index contributed by atoms with van der Waals surface area (Å²) < 4.78 is 1.86. The van der Waals surface area contributed by atoms with Crippen LogP contribution in [0.2, 0.25) is 10.0 Å². The van der Waals surface area contributed by atoms with E-state index in [9.17, 15) is 30.3 Å². The van der Waals surface area contributed by atoms with Crippen LogP contribution in [0, 0.1) is 44.2 Å². The summed E-state index contributed by atoms with van der Waals surface area (Å²) in [5, 5.41) is 41.4. The lowest BCUT2D eigenvalue weighted by Crippen LogP contribution is -1.97. The second kappa shape index (κ2) is 9.91. The third-order valence-corrected chi connectivity index (χ3v) is 5.27. The molecule has 2 aromatic carbocycles. The molecule has 0 atom stereocenters. The molecule has 12 nitrogen and oxygen atoms in total. The molecule has 0 aliphatic heterocycles. The lowest BCUT2D eigenvalue weighted by molar-refractivity contribution is -0.404. The van der Waals surface area contributed by atoms with Crippen LogP contribution in [-0.2, 0) is 0 Å². The molecule has 0 fully saturated rings. The van der Waals surface area contributed by atoms with E-state index < -0.39 is 37.6 Å². The molecule has 4 aromatic rings. The van der Waals surface area contributed by atoms with Gasteiger partial charge in [0, 0.05) is 18.0 Å². The molecule has 0 aliphatic carbocycles. The first kappa shape index (κ1) is 25.3. The number of fused-ring (bicyclic) bond motifs is 1. The summed E-state index contributed by atoms with van der Waals surface area (Å²) in [6.45, 7) is 4.16. The van der Waals surface area contributed by atoms with E-state index >= 15 is 0 Å². The van der Waals surface area contributed by atoms with E-state index in [1.165, 1.54) is 11.1 Å². The van der Waals surface area contributed by atoms with E-state index in [1.54, 1.807) is 6.07 Å². The van der Waals surface area contributed by atoms with Crippen LogP contribution in [0.4, 0.5) is 17.1 Å². The number of phenolic OH excluding ortho intramolecular Hbond substituents is 1. The topological polar surface area (TPSA) is 167 Å². The maximum Gasteiger partial charge on any atom is 0.324 e. The van der Waals surface area contributed by atoms with E-state index in [-0.39, 0.29) is 0 Å². The fourth-order valence-corrected chi connectivity index (χ4v) is 3.76. The van der Waals surface area contributed by atoms with Crippen molar-refractivity contribution in [1.29, 1.82) is 0 Å². The average molecular weight is 520 g/mol. The molecule has 35 heavy (non-hydrogen) atoms. The first-order valence-electron chi connectivity index (χ1n) is 9.60. The summed E-state index contributed by atoms with van der Waals surface area (Å²) in [5.74, 6) is -1.21. The lowest BCUT2D eigenvalue weighted by Gasteiger charge is -2.02. The Balaban J connectivity index is 0.000000199. The van der Waals surface area contributed by atoms with Crippen molar-refractivity contribution in [3.63, 3.8) is 0 Å². The SMILES string of the molecule is Cc1ccc(-c2cn3cc(Cl)cc(Cl)c3n2)c(C)c1.O=[N+]([O-])c1cc([N+](=O)[O-])c(O)c([N+](=O)[O-])c1. The van der Waals surface area contributed by atoms with Gasteiger partial charge in [0.2, 0.25) is 0 Å². The molecule has 2 aromatic heterocycles. The Labute approximate surface area is 206 Å². The number of halogens is 2. The first-order valence-corrected chi connectivity index (χ1v) is 10.4. The molecule has 0 unspecified atom stereocenters. The lowest BCUT2D eigenvalue weighted by atomic mass is 10.0. The Morgan fingerprint density at radius 1 is 0.886 bits per heavy atom. The highest BCUT2D eigenvalue weighted by Crippen LogP contribution is 2.39. The summed E-state index contributed by atoms with van der Waals surface area (Å²) in [6.07, 6.45) is 3.76. The molecule has 1 N–H and O–H groups in total. The second-order valence-corrected chi connectivity index (χ2v) is 8.13. The van der Waals surface area contributed by atoms with E-state index in [0.29, 0.717) is 22.2 Å². The van der Waals surface area contributed by atoms with Crippen LogP contribution in [0.3, 0.4) is 0 Å². The van der Waals surface area contributed by atoms with Crippen molar-refractivity contribution in [2.45, 2.75) is 13.8 Å². The smallest absolute Gasteiger partial charge is 0.324 e. The molecule has 0 spiro atoms. The van der Waals surface area contributed by atoms with Crippen molar-refractivity contribution >= 4 is 45.9 Å². The fraction of sp³-hybridized carbons (Fsp3) is 0.0952. The molecule has 0 saturated carbocycles. The van der Waals surface area contributed by atoms with Gasteiger partial charge in [-0.15, -0.1) is 0 Å². The number of nitrogens with zero attached hydrogens (tertiary/aromatic N) is 5. The number of hydrogen-bond acceptors (Lipinski definition) is 8. The maximum absolute atomic E-state index is 10.4. The van der Waals surface area contributed by atoms with Gasteiger partial charge < -0.3 is 9.51 Å². The molecular formula is C21H15Cl2N5O7. The van der Waals surface area contributed by atoms with Crippen molar-refractivity contribution in [2.24, 2.45) is 0 Å². The number of phenols is 1. The Bertz CT molecular complexity index is 1470. The number of benzene rings is 2. The van der Waals surface area contributed by atoms with Gasteiger partial charge in [0.25, 0.3) is 11.4 Å². The Kier molecular flexibility index (Phi) is 7.17. The van der Waals surface area contributed by atoms with Crippen LogP contribution in [0.5, 0.6) is 5.75 Å². The second-order valence-electron chi connectivity index (χ2n) is 7.29. The van der Waals surface area contributed by atoms with Gasteiger partial charge in [-0.3, -0.25) is 30.3 Å². The summed E-state index contributed by atoms with van der Waals surface area (Å²) in [5.41, 5.74) is 2.18. The molecule has 0 amide bonds. The van der Waals surface area contributed by atoms with Crippen molar-refractivity contribution in [3.8, 4) is 17.0 Å². The highest BCUT2D eigenvalue weighted by molar-refractivity contribution is 6.36. The highest BCUT2D eigenvalue weighted by atomic mass is 35.5. The normalized spacial score (nSPS) is 10.5. The molecule has 2 heterocycles. The minimum Gasteiger partial charge on any atom is -0.497 e. The van der Waals surface area contributed by atoms with Gasteiger partial charge in [0.05, 0.1) is 42.6 Å². The standard InChI is InChI=1S/C15H12Cl2N2.C6H3N3O7/c1-9-3-4-12(10(2)5-9)14-8-19-7-11(16)6-13(17)15(19)18-14;10-6-4(8(13)14)1-3(7(11)12)2-5(6)9(15)16/h3-8H,1-2H3;1-2,10H. The minimum absolute atomic E-state index is 0.447. The van der Waals surface area contributed by atoms with Crippen molar-refractivity contribution in [3.05, 3.63) is 100 Å². The molecular weight excluding hydrogens is 505 g/mol. The van der Waals surface area contributed by atoms with Crippen LogP contribution in [0.25, 0.3) is 16.9 Å². The van der Waals surface area contributed by atoms with Gasteiger partial charge in [0.1, 0.15) is 0 Å².